The van der Waals surface area contributed by atoms with Crippen molar-refractivity contribution in [2.45, 2.75) is 32.1 Å². The molecule has 0 aromatic carbocycles. The summed E-state index contributed by atoms with van der Waals surface area (Å²) >= 11 is 0. The summed E-state index contributed by atoms with van der Waals surface area (Å²) in [5.41, 5.74) is 1.88. The molecule has 0 spiro atoms. The van der Waals surface area contributed by atoms with Crippen LogP contribution in [0, 0.1) is 0 Å². The van der Waals surface area contributed by atoms with E-state index in [1.807, 2.05) is 37.1 Å². The van der Waals surface area contributed by atoms with Crippen LogP contribution in [0.5, 0.6) is 0 Å². The van der Waals surface area contributed by atoms with Crippen molar-refractivity contribution in [2.75, 3.05) is 25.5 Å². The normalized spacial score (nSPS) is 17.6. The Bertz CT molecular complexity index is 704. The Labute approximate surface area is 142 Å². The summed E-state index contributed by atoms with van der Waals surface area (Å²) in [7, 11) is 1.85. The van der Waals surface area contributed by atoms with Crippen molar-refractivity contribution in [3.05, 3.63) is 36.3 Å². The predicted octanol–water partition coefficient (Wildman–Crippen LogP) is 2.70. The zero-order chi connectivity index (χ0) is 16.9. The smallest absolute Gasteiger partial charge is 0.222 e. The third-order valence-corrected chi connectivity index (χ3v) is 4.42. The van der Waals surface area contributed by atoms with Crippen molar-refractivity contribution >= 4 is 11.7 Å². The highest BCUT2D eigenvalue weighted by atomic mass is 16.2. The second-order valence-electron chi connectivity index (χ2n) is 6.03. The highest BCUT2D eigenvalue weighted by molar-refractivity contribution is 5.76. The van der Waals surface area contributed by atoms with Gasteiger partial charge in [-0.05, 0) is 25.0 Å². The molecule has 1 fully saturated rings. The van der Waals surface area contributed by atoms with Crippen LogP contribution in [-0.2, 0) is 4.79 Å². The van der Waals surface area contributed by atoms with E-state index in [0.717, 1.165) is 43.0 Å². The number of hydrogen-bond donors (Lipinski definition) is 1. The molecule has 3 heterocycles. The second kappa shape index (κ2) is 7.38. The van der Waals surface area contributed by atoms with E-state index in [4.69, 9.17) is 4.98 Å². The maximum Gasteiger partial charge on any atom is 0.222 e. The van der Waals surface area contributed by atoms with Gasteiger partial charge in [0.25, 0.3) is 0 Å². The quantitative estimate of drug-likeness (QED) is 0.936. The molecule has 0 aliphatic carbocycles. The molecule has 6 heteroatoms. The highest BCUT2D eigenvalue weighted by Gasteiger charge is 2.25. The Morgan fingerprint density at radius 3 is 3.00 bits per heavy atom. The largest absolute Gasteiger partial charge is 0.373 e. The molecular formula is C18H23N5O. The van der Waals surface area contributed by atoms with E-state index in [2.05, 4.69) is 15.3 Å². The van der Waals surface area contributed by atoms with Crippen molar-refractivity contribution in [2.24, 2.45) is 0 Å². The topological polar surface area (TPSA) is 71.0 Å². The number of nitrogens with zero attached hydrogens (tertiary/aromatic N) is 4. The molecule has 1 atom stereocenters. The van der Waals surface area contributed by atoms with Gasteiger partial charge in [0.2, 0.25) is 5.91 Å². The molecule has 126 valence electrons. The molecule has 1 N–H and O–H groups in total. The first-order valence-electron chi connectivity index (χ1n) is 8.46. The van der Waals surface area contributed by atoms with Gasteiger partial charge < -0.3 is 10.2 Å². The lowest BCUT2D eigenvalue weighted by Gasteiger charge is -2.32. The van der Waals surface area contributed by atoms with Crippen LogP contribution in [0.15, 0.2) is 30.6 Å². The van der Waals surface area contributed by atoms with Crippen LogP contribution in [-0.4, -0.2) is 45.9 Å². The summed E-state index contributed by atoms with van der Waals surface area (Å²) in [6.07, 6.45) is 6.12. The van der Waals surface area contributed by atoms with Gasteiger partial charge in [-0.25, -0.2) is 9.97 Å². The van der Waals surface area contributed by atoms with E-state index >= 15 is 0 Å². The number of carbonyl (C=O) groups is 1. The first-order chi connectivity index (χ1) is 11.7. The molecule has 0 radical (unpaired) electrons. The van der Waals surface area contributed by atoms with Crippen LogP contribution in [0.1, 0.15) is 37.8 Å². The molecule has 6 nitrogen and oxygen atoms in total. The number of anilines is 1. The lowest BCUT2D eigenvalue weighted by Crippen LogP contribution is -2.39. The minimum atomic E-state index is 0.218. The van der Waals surface area contributed by atoms with Gasteiger partial charge in [-0.1, -0.05) is 6.92 Å². The van der Waals surface area contributed by atoms with Gasteiger partial charge in [0.1, 0.15) is 5.82 Å². The fourth-order valence-electron chi connectivity index (χ4n) is 3.10. The molecule has 2 aromatic rings. The number of piperidine rings is 1. The van der Waals surface area contributed by atoms with E-state index in [9.17, 15) is 4.79 Å². The van der Waals surface area contributed by atoms with Crippen LogP contribution in [0.3, 0.4) is 0 Å². The standard InChI is InChI=1S/C18H23N5O/c1-3-17(24)23-9-5-7-14(12-23)15-10-16(19-2)22-18(21-15)13-6-4-8-20-11-13/h4,6,8,10-11,14H,3,5,7,9,12H2,1-2H3,(H,19,21,22)/t14-/m1/s1. The molecule has 1 aliphatic rings. The molecule has 0 saturated carbocycles. The van der Waals surface area contributed by atoms with Crippen molar-refractivity contribution in [3.8, 4) is 11.4 Å². The van der Waals surface area contributed by atoms with E-state index in [-0.39, 0.29) is 11.8 Å². The second-order valence-corrected chi connectivity index (χ2v) is 6.03. The Kier molecular flexibility index (Phi) is 5.03. The zero-order valence-electron chi connectivity index (χ0n) is 14.2. The van der Waals surface area contributed by atoms with E-state index in [0.29, 0.717) is 12.2 Å². The van der Waals surface area contributed by atoms with Gasteiger partial charge in [-0.2, -0.15) is 0 Å². The fraction of sp³-hybridized carbons (Fsp3) is 0.444. The lowest BCUT2D eigenvalue weighted by molar-refractivity contribution is -0.132. The number of amides is 1. The molecular weight excluding hydrogens is 302 g/mol. The molecule has 2 aromatic heterocycles. The van der Waals surface area contributed by atoms with E-state index in [1.54, 1.807) is 12.4 Å². The molecule has 1 amide bonds. The van der Waals surface area contributed by atoms with E-state index in [1.165, 1.54) is 0 Å². The summed E-state index contributed by atoms with van der Waals surface area (Å²) in [6, 6.07) is 5.83. The first kappa shape index (κ1) is 16.4. The number of hydrogen-bond acceptors (Lipinski definition) is 5. The molecule has 0 unspecified atom stereocenters. The summed E-state index contributed by atoms with van der Waals surface area (Å²) in [5, 5.41) is 3.11. The fourth-order valence-corrected chi connectivity index (χ4v) is 3.10. The minimum absolute atomic E-state index is 0.218. The molecule has 1 aliphatic heterocycles. The van der Waals surface area contributed by atoms with Crippen molar-refractivity contribution in [1.29, 1.82) is 0 Å². The number of pyridine rings is 1. The highest BCUT2D eigenvalue weighted by Crippen LogP contribution is 2.28. The van der Waals surface area contributed by atoms with Crippen LogP contribution in [0.25, 0.3) is 11.4 Å². The summed E-state index contributed by atoms with van der Waals surface area (Å²) in [5.74, 6) is 1.93. The SMILES string of the molecule is CCC(=O)N1CCC[C@@H](c2cc(NC)nc(-c3cccnc3)n2)C1. The van der Waals surface area contributed by atoms with Crippen LogP contribution < -0.4 is 5.32 Å². The van der Waals surface area contributed by atoms with Crippen molar-refractivity contribution in [1.82, 2.24) is 19.9 Å². The Morgan fingerprint density at radius 1 is 1.42 bits per heavy atom. The molecule has 0 bridgehead atoms. The summed E-state index contributed by atoms with van der Waals surface area (Å²) < 4.78 is 0. The van der Waals surface area contributed by atoms with Crippen molar-refractivity contribution in [3.63, 3.8) is 0 Å². The number of carbonyl (C=O) groups excluding carboxylic acids is 1. The molecule has 1 saturated heterocycles. The van der Waals surface area contributed by atoms with Crippen LogP contribution in [0.2, 0.25) is 0 Å². The van der Waals surface area contributed by atoms with Gasteiger partial charge >= 0.3 is 0 Å². The summed E-state index contributed by atoms with van der Waals surface area (Å²) in [6.45, 7) is 3.50. The Morgan fingerprint density at radius 2 is 2.29 bits per heavy atom. The number of likely N-dealkylation sites (tertiary alicyclic amines) is 1. The number of aromatic nitrogens is 3. The average molecular weight is 325 g/mol. The number of nitrogens with one attached hydrogen (secondary N) is 1. The first-order valence-corrected chi connectivity index (χ1v) is 8.46. The van der Waals surface area contributed by atoms with E-state index < -0.39 is 0 Å². The third kappa shape index (κ3) is 3.53. The summed E-state index contributed by atoms with van der Waals surface area (Å²) in [4.78, 5) is 27.4. The Balaban J connectivity index is 1.91. The van der Waals surface area contributed by atoms with Gasteiger partial charge in [0, 0.05) is 56.5 Å². The number of rotatable bonds is 4. The average Bonchev–Trinajstić information content (AvgIpc) is 2.67. The lowest BCUT2D eigenvalue weighted by atomic mass is 9.94. The van der Waals surface area contributed by atoms with Crippen LogP contribution in [0.4, 0.5) is 5.82 Å². The van der Waals surface area contributed by atoms with Gasteiger partial charge in [0.15, 0.2) is 5.82 Å². The predicted molar refractivity (Wildman–Crippen MR) is 93.7 cm³/mol. The molecule has 3 rings (SSSR count). The minimum Gasteiger partial charge on any atom is -0.373 e. The van der Waals surface area contributed by atoms with Crippen LogP contribution >= 0.6 is 0 Å². The Hall–Kier alpha value is -2.50. The molecule has 24 heavy (non-hydrogen) atoms. The van der Waals surface area contributed by atoms with Gasteiger partial charge in [0.05, 0.1) is 5.69 Å². The van der Waals surface area contributed by atoms with Gasteiger partial charge in [-0.15, -0.1) is 0 Å². The maximum absolute atomic E-state index is 12.0. The zero-order valence-corrected chi connectivity index (χ0v) is 14.2. The monoisotopic (exact) mass is 325 g/mol. The maximum atomic E-state index is 12.0. The third-order valence-electron chi connectivity index (χ3n) is 4.42. The van der Waals surface area contributed by atoms with Gasteiger partial charge in [-0.3, -0.25) is 9.78 Å². The van der Waals surface area contributed by atoms with Crippen molar-refractivity contribution < 1.29 is 4.79 Å².